The molecule has 0 fully saturated rings. The largest absolute Gasteiger partial charge is 0.380 e. The number of halogens is 6. The molecule has 2 aromatic rings. The Hall–Kier alpha value is -2.78. The smallest absolute Gasteiger partial charge is 0.298 e. The van der Waals surface area contributed by atoms with Crippen molar-refractivity contribution < 1.29 is 31.1 Å². The van der Waals surface area contributed by atoms with Gasteiger partial charge in [-0.05, 0) is 60.3 Å². The van der Waals surface area contributed by atoms with Crippen molar-refractivity contribution in [3.8, 4) is 10.4 Å². The third kappa shape index (κ3) is 4.53. The monoisotopic (exact) mass is 566 g/mol. The van der Waals surface area contributed by atoms with E-state index in [4.69, 9.17) is 0 Å². The zero-order chi connectivity index (χ0) is 28.0. The van der Waals surface area contributed by atoms with Gasteiger partial charge in [0.05, 0.1) is 0 Å². The molecular formula is C29H24F6OS2. The van der Waals surface area contributed by atoms with E-state index in [1.165, 1.54) is 43.0 Å². The molecule has 1 unspecified atom stereocenters. The molecule has 0 amide bonds. The molecule has 1 aromatic heterocycles. The molecule has 0 saturated heterocycles. The van der Waals surface area contributed by atoms with Gasteiger partial charge in [-0.15, -0.1) is 23.1 Å². The molecule has 1 nitrogen and oxygen atoms in total. The third-order valence-electron chi connectivity index (χ3n) is 6.71. The highest BCUT2D eigenvalue weighted by molar-refractivity contribution is 8.02. The molecule has 0 bridgehead atoms. The van der Waals surface area contributed by atoms with Crippen LogP contribution in [0.2, 0.25) is 0 Å². The highest BCUT2D eigenvalue weighted by Gasteiger charge is 2.80. The van der Waals surface area contributed by atoms with Crippen molar-refractivity contribution in [3.05, 3.63) is 98.8 Å². The number of hydrogen-bond acceptors (Lipinski definition) is 3. The molecule has 9 heteroatoms. The van der Waals surface area contributed by atoms with Crippen molar-refractivity contribution in [2.45, 2.75) is 38.0 Å². The summed E-state index contributed by atoms with van der Waals surface area (Å²) in [6, 6.07) is 7.40. The Labute approximate surface area is 225 Å². The van der Waals surface area contributed by atoms with Crippen LogP contribution in [-0.2, 0) is 0 Å². The number of carbonyl (C=O) groups excluding carboxylic acids is 1. The molecule has 0 aliphatic heterocycles. The fourth-order valence-corrected chi connectivity index (χ4v) is 6.36. The van der Waals surface area contributed by atoms with Gasteiger partial charge < -0.3 is 0 Å². The van der Waals surface area contributed by atoms with E-state index in [0.717, 1.165) is 16.9 Å². The van der Waals surface area contributed by atoms with E-state index >= 15 is 17.6 Å². The molecule has 0 radical (unpaired) electrons. The Bertz CT molecular complexity index is 1410. The fraction of sp³-hybridized carbons (Fsp3) is 0.276. The van der Waals surface area contributed by atoms with Gasteiger partial charge in [-0.3, -0.25) is 4.79 Å². The maximum absolute atomic E-state index is 15.3. The van der Waals surface area contributed by atoms with Crippen LogP contribution in [0.5, 0.6) is 0 Å². The van der Waals surface area contributed by atoms with Crippen molar-refractivity contribution in [2.24, 2.45) is 5.92 Å². The quantitative estimate of drug-likeness (QED) is 0.189. The first-order valence-corrected chi connectivity index (χ1v) is 13.6. The first kappa shape index (κ1) is 28.2. The molecule has 0 saturated carbocycles. The van der Waals surface area contributed by atoms with E-state index < -0.39 is 34.5 Å². The minimum Gasteiger partial charge on any atom is -0.298 e. The Kier molecular flexibility index (Phi) is 7.49. The van der Waals surface area contributed by atoms with Crippen molar-refractivity contribution >= 4 is 35.0 Å². The lowest BCUT2D eigenvalue weighted by molar-refractivity contribution is -0.259. The number of thiophene rings is 1. The minimum atomic E-state index is -5.65. The van der Waals surface area contributed by atoms with E-state index in [9.17, 15) is 13.6 Å². The molecule has 1 aromatic carbocycles. The van der Waals surface area contributed by atoms with Crippen LogP contribution < -0.4 is 0 Å². The summed E-state index contributed by atoms with van der Waals surface area (Å²) < 4.78 is 90.5. The van der Waals surface area contributed by atoms with Crippen LogP contribution in [0.4, 0.5) is 26.3 Å². The average molecular weight is 567 g/mol. The molecule has 0 spiro atoms. The molecule has 200 valence electrons. The lowest BCUT2D eigenvalue weighted by atomic mass is 9.92. The maximum atomic E-state index is 15.3. The minimum absolute atomic E-state index is 0.179. The van der Waals surface area contributed by atoms with Gasteiger partial charge in [-0.25, -0.2) is 0 Å². The van der Waals surface area contributed by atoms with Crippen LogP contribution in [0.3, 0.4) is 0 Å². The average Bonchev–Trinajstić information content (AvgIpc) is 3.30. The summed E-state index contributed by atoms with van der Waals surface area (Å²) in [5.74, 6) is -16.2. The molecule has 1 heterocycles. The number of rotatable bonds is 7. The Balaban J connectivity index is 1.88. The zero-order valence-electron chi connectivity index (χ0n) is 20.8. The van der Waals surface area contributed by atoms with E-state index in [1.54, 1.807) is 18.4 Å². The second-order valence-corrected chi connectivity index (χ2v) is 11.4. The van der Waals surface area contributed by atoms with E-state index in [0.29, 0.717) is 33.6 Å². The molecular weight excluding hydrogens is 542 g/mol. The standard InChI is InChI=1S/C29H24F6OS2/c1-16-5-9-20(10-6-16)23(37-4)13-17(2)25-26(28(32,33)29(34,35)27(25,30)31)22-14-24(38-18(22)3)21-11-7-19(15-36)8-12-21/h5-9,11-15,20H,2,10H2,1,3-4H3/b23-13-. The number of aryl methyl sites for hydroxylation is 1. The molecule has 0 N–H and O–H groups in total. The van der Waals surface area contributed by atoms with Gasteiger partial charge in [-0.1, -0.05) is 54.6 Å². The van der Waals surface area contributed by atoms with Crippen molar-refractivity contribution in [1.82, 2.24) is 0 Å². The summed E-state index contributed by atoms with van der Waals surface area (Å²) in [5.41, 5.74) is -1.86. The number of carbonyl (C=O) groups is 1. The number of allylic oxidation sites excluding steroid dienone is 9. The summed E-state index contributed by atoms with van der Waals surface area (Å²) in [5, 5.41) is 0. The molecule has 38 heavy (non-hydrogen) atoms. The van der Waals surface area contributed by atoms with Gasteiger partial charge in [0.15, 0.2) is 0 Å². The summed E-state index contributed by atoms with van der Waals surface area (Å²) in [6.45, 7) is 6.91. The zero-order valence-corrected chi connectivity index (χ0v) is 22.4. The van der Waals surface area contributed by atoms with Crippen LogP contribution in [0.1, 0.15) is 34.1 Å². The van der Waals surface area contributed by atoms with Crippen LogP contribution in [0.25, 0.3) is 16.0 Å². The van der Waals surface area contributed by atoms with Crippen LogP contribution in [-0.4, -0.2) is 30.3 Å². The van der Waals surface area contributed by atoms with Crippen molar-refractivity contribution in [1.29, 1.82) is 0 Å². The van der Waals surface area contributed by atoms with E-state index in [1.807, 2.05) is 25.2 Å². The summed E-state index contributed by atoms with van der Waals surface area (Å²) in [7, 11) is 0. The number of hydrogen-bond donors (Lipinski definition) is 0. The maximum Gasteiger partial charge on any atom is 0.380 e. The van der Waals surface area contributed by atoms with Crippen LogP contribution >= 0.6 is 23.1 Å². The lowest BCUT2D eigenvalue weighted by Crippen LogP contribution is -2.49. The van der Waals surface area contributed by atoms with Gasteiger partial charge >= 0.3 is 17.8 Å². The number of aldehydes is 1. The molecule has 2 aliphatic carbocycles. The summed E-state index contributed by atoms with van der Waals surface area (Å²) in [6.07, 6.45) is 9.79. The highest BCUT2D eigenvalue weighted by atomic mass is 32.2. The van der Waals surface area contributed by atoms with Crippen molar-refractivity contribution in [2.75, 3.05) is 6.26 Å². The Morgan fingerprint density at radius 1 is 1.08 bits per heavy atom. The third-order valence-corrected chi connectivity index (χ3v) is 8.70. The Morgan fingerprint density at radius 2 is 1.74 bits per heavy atom. The predicted octanol–water partition coefficient (Wildman–Crippen LogP) is 9.53. The van der Waals surface area contributed by atoms with E-state index in [-0.39, 0.29) is 16.4 Å². The SMILES string of the molecule is C=C(/C=C(\SC)C1C=CC(C)=CC1)C1=C(c2cc(-c3ccc(C=O)cc3)sc2C)C(F)(F)C(F)(F)C1(F)F. The van der Waals surface area contributed by atoms with E-state index in [2.05, 4.69) is 6.58 Å². The van der Waals surface area contributed by atoms with Crippen LogP contribution in [0, 0.1) is 12.8 Å². The van der Waals surface area contributed by atoms with Gasteiger partial charge in [-0.2, -0.15) is 26.3 Å². The van der Waals surface area contributed by atoms with Gasteiger partial charge in [0.2, 0.25) is 0 Å². The van der Waals surface area contributed by atoms with Gasteiger partial charge in [0.1, 0.15) is 6.29 Å². The fourth-order valence-electron chi connectivity index (χ4n) is 4.59. The Morgan fingerprint density at radius 3 is 2.29 bits per heavy atom. The topological polar surface area (TPSA) is 17.1 Å². The second-order valence-electron chi connectivity index (χ2n) is 9.22. The van der Waals surface area contributed by atoms with Crippen molar-refractivity contribution in [3.63, 3.8) is 0 Å². The molecule has 2 aliphatic rings. The predicted molar refractivity (Wildman–Crippen MR) is 143 cm³/mol. The normalized spacial score (nSPS) is 22.0. The first-order chi connectivity index (χ1) is 17.8. The first-order valence-electron chi connectivity index (χ1n) is 11.6. The summed E-state index contributed by atoms with van der Waals surface area (Å²) >= 11 is 2.24. The van der Waals surface area contributed by atoms with Gasteiger partial charge in [0, 0.05) is 32.4 Å². The lowest BCUT2D eigenvalue weighted by Gasteiger charge is -2.26. The number of benzene rings is 1. The second kappa shape index (κ2) is 10.1. The van der Waals surface area contributed by atoms with Crippen LogP contribution in [0.15, 0.2) is 82.8 Å². The highest BCUT2D eigenvalue weighted by Crippen LogP contribution is 2.64. The number of thioether (sulfide) groups is 1. The van der Waals surface area contributed by atoms with Gasteiger partial charge in [0.25, 0.3) is 0 Å². The molecule has 1 atom stereocenters. The molecule has 4 rings (SSSR count). The summed E-state index contributed by atoms with van der Waals surface area (Å²) in [4.78, 5) is 12.1. The number of alkyl halides is 6.